The first kappa shape index (κ1) is 24.4. The van der Waals surface area contributed by atoms with Gasteiger partial charge in [0, 0.05) is 31.1 Å². The first-order valence-electron chi connectivity index (χ1n) is 10.2. The number of nitrogens with zero attached hydrogens (tertiary/aromatic N) is 1. The number of benzene rings is 2. The van der Waals surface area contributed by atoms with Gasteiger partial charge in [0.15, 0.2) is 0 Å². The molecule has 0 saturated heterocycles. The first-order valence-corrected chi connectivity index (χ1v) is 11.7. The SMILES string of the molecule is CC[C@@H](C)N(Cc1cccc(OS(=O)(=O)c2ccc(NC(C)=O)cc2)c1)C(=O)C(C)C. The van der Waals surface area contributed by atoms with Crippen LogP contribution in [0.2, 0.25) is 0 Å². The maximum Gasteiger partial charge on any atom is 0.339 e. The zero-order valence-electron chi connectivity index (χ0n) is 18.6. The summed E-state index contributed by atoms with van der Waals surface area (Å²) >= 11 is 0. The average Bonchev–Trinajstić information content (AvgIpc) is 2.70. The Labute approximate surface area is 184 Å². The summed E-state index contributed by atoms with van der Waals surface area (Å²) < 4.78 is 30.6. The van der Waals surface area contributed by atoms with Gasteiger partial charge >= 0.3 is 10.1 Å². The van der Waals surface area contributed by atoms with Gasteiger partial charge in [0.05, 0.1) is 0 Å². The molecule has 2 aromatic rings. The zero-order chi connectivity index (χ0) is 23.2. The summed E-state index contributed by atoms with van der Waals surface area (Å²) in [7, 11) is -4.05. The normalized spacial score (nSPS) is 12.3. The molecule has 2 amide bonds. The van der Waals surface area contributed by atoms with E-state index in [0.717, 1.165) is 12.0 Å². The van der Waals surface area contributed by atoms with Gasteiger partial charge in [0.1, 0.15) is 10.6 Å². The second-order valence-electron chi connectivity index (χ2n) is 7.77. The van der Waals surface area contributed by atoms with Crippen molar-refractivity contribution in [2.45, 2.75) is 58.5 Å². The minimum absolute atomic E-state index is 0.0248. The van der Waals surface area contributed by atoms with Gasteiger partial charge in [-0.1, -0.05) is 32.9 Å². The second kappa shape index (κ2) is 10.4. The molecule has 0 aliphatic carbocycles. The largest absolute Gasteiger partial charge is 0.379 e. The van der Waals surface area contributed by atoms with Crippen LogP contribution in [0.3, 0.4) is 0 Å². The fourth-order valence-corrected chi connectivity index (χ4v) is 3.90. The van der Waals surface area contributed by atoms with E-state index in [2.05, 4.69) is 5.32 Å². The van der Waals surface area contributed by atoms with E-state index in [1.54, 1.807) is 23.1 Å². The van der Waals surface area contributed by atoms with Crippen molar-refractivity contribution in [1.29, 1.82) is 0 Å². The minimum Gasteiger partial charge on any atom is -0.379 e. The van der Waals surface area contributed by atoms with E-state index >= 15 is 0 Å². The highest BCUT2D eigenvalue weighted by atomic mass is 32.2. The number of carbonyl (C=O) groups is 2. The highest BCUT2D eigenvalue weighted by Crippen LogP contribution is 2.23. The smallest absolute Gasteiger partial charge is 0.339 e. The third-order valence-corrected chi connectivity index (χ3v) is 6.08. The van der Waals surface area contributed by atoms with Gasteiger partial charge in [-0.05, 0) is 55.3 Å². The fraction of sp³-hybridized carbons (Fsp3) is 0.391. The van der Waals surface area contributed by atoms with Gasteiger partial charge in [0.2, 0.25) is 11.8 Å². The number of anilines is 1. The van der Waals surface area contributed by atoms with Gasteiger partial charge in [-0.3, -0.25) is 9.59 Å². The lowest BCUT2D eigenvalue weighted by Crippen LogP contribution is -2.40. The molecule has 7 nitrogen and oxygen atoms in total. The molecule has 8 heteroatoms. The van der Waals surface area contributed by atoms with E-state index in [9.17, 15) is 18.0 Å². The van der Waals surface area contributed by atoms with Crippen LogP contribution in [0.1, 0.15) is 46.6 Å². The third kappa shape index (κ3) is 6.82. The molecule has 0 aromatic heterocycles. The van der Waals surface area contributed by atoms with Crippen LogP contribution in [0.5, 0.6) is 5.75 Å². The van der Waals surface area contributed by atoms with Crippen molar-refractivity contribution in [3.63, 3.8) is 0 Å². The molecule has 31 heavy (non-hydrogen) atoms. The predicted molar refractivity (Wildman–Crippen MR) is 120 cm³/mol. The molecule has 1 atom stereocenters. The molecule has 1 N–H and O–H groups in total. The van der Waals surface area contributed by atoms with Crippen molar-refractivity contribution in [1.82, 2.24) is 4.90 Å². The molecule has 0 aliphatic heterocycles. The number of carbonyl (C=O) groups excluding carboxylic acids is 2. The topological polar surface area (TPSA) is 92.8 Å². The Bertz CT molecular complexity index is 1020. The van der Waals surface area contributed by atoms with Crippen molar-refractivity contribution in [3.05, 3.63) is 54.1 Å². The fourth-order valence-electron chi connectivity index (χ4n) is 2.98. The van der Waals surface area contributed by atoms with E-state index in [0.29, 0.717) is 12.2 Å². The summed E-state index contributed by atoms with van der Waals surface area (Å²) in [4.78, 5) is 25.5. The summed E-state index contributed by atoms with van der Waals surface area (Å²) in [6, 6.07) is 12.5. The molecule has 0 radical (unpaired) electrons. The number of rotatable bonds is 9. The van der Waals surface area contributed by atoms with Crippen molar-refractivity contribution in [3.8, 4) is 5.75 Å². The van der Waals surface area contributed by atoms with Crippen molar-refractivity contribution < 1.29 is 22.2 Å². The van der Waals surface area contributed by atoms with Gasteiger partial charge in [-0.25, -0.2) is 0 Å². The van der Waals surface area contributed by atoms with Crippen molar-refractivity contribution in [2.24, 2.45) is 5.92 Å². The summed E-state index contributed by atoms with van der Waals surface area (Å²) in [5.41, 5.74) is 1.27. The lowest BCUT2D eigenvalue weighted by molar-refractivity contribution is -0.137. The summed E-state index contributed by atoms with van der Waals surface area (Å²) in [5, 5.41) is 2.58. The lowest BCUT2D eigenvalue weighted by atomic mass is 10.1. The quantitative estimate of drug-likeness (QED) is 0.583. The second-order valence-corrected chi connectivity index (χ2v) is 9.31. The van der Waals surface area contributed by atoms with Gasteiger partial charge in [-0.2, -0.15) is 8.42 Å². The molecule has 0 unspecified atom stereocenters. The molecule has 0 fully saturated rings. The molecule has 2 aromatic carbocycles. The number of amides is 2. The van der Waals surface area contributed by atoms with Crippen molar-refractivity contribution in [2.75, 3.05) is 5.32 Å². The minimum atomic E-state index is -4.05. The van der Waals surface area contributed by atoms with Crippen molar-refractivity contribution >= 4 is 27.6 Å². The molecule has 168 valence electrons. The molecular formula is C23H30N2O5S. The van der Waals surface area contributed by atoms with Gasteiger partial charge < -0.3 is 14.4 Å². The van der Waals surface area contributed by atoms with E-state index in [1.807, 2.05) is 33.8 Å². The van der Waals surface area contributed by atoms with Crippen LogP contribution >= 0.6 is 0 Å². The van der Waals surface area contributed by atoms with E-state index in [1.165, 1.54) is 31.2 Å². The van der Waals surface area contributed by atoms with E-state index in [-0.39, 0.29) is 34.4 Å². The molecule has 0 bridgehead atoms. The van der Waals surface area contributed by atoms with Crippen LogP contribution in [0.15, 0.2) is 53.4 Å². The Morgan fingerprint density at radius 2 is 1.71 bits per heavy atom. The highest BCUT2D eigenvalue weighted by molar-refractivity contribution is 7.87. The van der Waals surface area contributed by atoms with Crippen LogP contribution in [0, 0.1) is 5.92 Å². The number of hydrogen-bond acceptors (Lipinski definition) is 5. The number of hydrogen-bond donors (Lipinski definition) is 1. The summed E-state index contributed by atoms with van der Waals surface area (Å²) in [6.45, 7) is 9.49. The number of nitrogens with one attached hydrogen (secondary N) is 1. The molecule has 0 saturated carbocycles. The standard InChI is InChI=1S/C23H30N2O5S/c1-6-17(4)25(23(27)16(2)3)15-19-8-7-9-21(14-19)30-31(28,29)22-12-10-20(11-13-22)24-18(5)26/h7-14,16-17H,6,15H2,1-5H3,(H,24,26)/t17-/m1/s1. The van der Waals surface area contributed by atoms with Gasteiger partial charge in [-0.15, -0.1) is 0 Å². The Balaban J connectivity index is 2.20. The van der Waals surface area contributed by atoms with E-state index in [4.69, 9.17) is 4.18 Å². The molecular weight excluding hydrogens is 416 g/mol. The average molecular weight is 447 g/mol. The Morgan fingerprint density at radius 3 is 2.26 bits per heavy atom. The zero-order valence-corrected chi connectivity index (χ0v) is 19.4. The highest BCUT2D eigenvalue weighted by Gasteiger charge is 2.22. The molecule has 0 spiro atoms. The Hall–Kier alpha value is -2.87. The summed E-state index contributed by atoms with van der Waals surface area (Å²) in [6.07, 6.45) is 0.817. The maximum absolute atomic E-state index is 12.6. The Kier molecular flexibility index (Phi) is 8.21. The van der Waals surface area contributed by atoms with E-state index < -0.39 is 10.1 Å². The molecule has 0 aliphatic rings. The lowest BCUT2D eigenvalue weighted by Gasteiger charge is -2.30. The van der Waals surface area contributed by atoms with Gasteiger partial charge in [0.25, 0.3) is 0 Å². The predicted octanol–water partition coefficient (Wildman–Crippen LogP) is 4.20. The third-order valence-electron chi connectivity index (χ3n) is 4.82. The Morgan fingerprint density at radius 1 is 1.06 bits per heavy atom. The van der Waals surface area contributed by atoms with Crippen LogP contribution in [-0.2, 0) is 26.3 Å². The van der Waals surface area contributed by atoms with Crippen LogP contribution in [-0.4, -0.2) is 31.2 Å². The summed E-state index contributed by atoms with van der Waals surface area (Å²) in [5.74, 6) is -0.155. The monoisotopic (exact) mass is 446 g/mol. The molecule has 2 rings (SSSR count). The van der Waals surface area contributed by atoms with Crippen LogP contribution in [0.4, 0.5) is 5.69 Å². The first-order chi connectivity index (χ1) is 14.5. The van der Waals surface area contributed by atoms with Crippen LogP contribution in [0.25, 0.3) is 0 Å². The maximum atomic E-state index is 12.6. The molecule has 0 heterocycles. The van der Waals surface area contributed by atoms with Crippen LogP contribution < -0.4 is 9.50 Å².